The zero-order chi connectivity index (χ0) is 11.5. The molecule has 1 aromatic rings. The summed E-state index contributed by atoms with van der Waals surface area (Å²) in [4.78, 5) is 7.09. The molecule has 1 aliphatic rings. The molecular formula is C12H21N3S. The summed E-state index contributed by atoms with van der Waals surface area (Å²) in [5, 5.41) is 3.46. The highest BCUT2D eigenvalue weighted by Crippen LogP contribution is 2.23. The van der Waals surface area contributed by atoms with Crippen LogP contribution < -0.4 is 5.73 Å². The molecule has 1 saturated heterocycles. The number of nitrogens with two attached hydrogens (primary N) is 1. The van der Waals surface area contributed by atoms with E-state index < -0.39 is 0 Å². The number of thiazole rings is 1. The smallest absolute Gasteiger partial charge is 0.0931 e. The minimum Gasteiger partial charge on any atom is -0.330 e. The topological polar surface area (TPSA) is 42.1 Å². The third kappa shape index (κ3) is 2.81. The van der Waals surface area contributed by atoms with Crippen molar-refractivity contribution in [1.29, 1.82) is 0 Å². The molecule has 3 nitrogen and oxygen atoms in total. The van der Waals surface area contributed by atoms with E-state index in [9.17, 15) is 0 Å². The van der Waals surface area contributed by atoms with Gasteiger partial charge >= 0.3 is 0 Å². The first-order valence-corrected chi connectivity index (χ1v) is 6.90. The molecule has 0 aromatic carbocycles. The Morgan fingerprint density at radius 1 is 1.69 bits per heavy atom. The zero-order valence-electron chi connectivity index (χ0n) is 10.1. The molecule has 2 unspecified atom stereocenters. The first-order valence-electron chi connectivity index (χ1n) is 6.02. The lowest BCUT2D eigenvalue weighted by molar-refractivity contribution is 0.394. The highest BCUT2D eigenvalue weighted by molar-refractivity contribution is 7.09. The van der Waals surface area contributed by atoms with Gasteiger partial charge in [-0.3, -0.25) is 0 Å². The van der Waals surface area contributed by atoms with E-state index in [-0.39, 0.29) is 0 Å². The molecule has 90 valence electrons. The fourth-order valence-corrected chi connectivity index (χ4v) is 3.24. The predicted molar refractivity (Wildman–Crippen MR) is 68.9 cm³/mol. The molecule has 0 amide bonds. The van der Waals surface area contributed by atoms with Crippen LogP contribution in [0.4, 0.5) is 0 Å². The van der Waals surface area contributed by atoms with E-state index in [2.05, 4.69) is 29.2 Å². The van der Waals surface area contributed by atoms with Gasteiger partial charge in [0.25, 0.3) is 0 Å². The first kappa shape index (κ1) is 12.0. The highest BCUT2D eigenvalue weighted by atomic mass is 32.1. The third-order valence-corrected chi connectivity index (χ3v) is 4.27. The molecule has 0 bridgehead atoms. The molecule has 0 spiro atoms. The van der Waals surface area contributed by atoms with Crippen molar-refractivity contribution < 1.29 is 0 Å². The van der Waals surface area contributed by atoms with Crippen LogP contribution in [0.2, 0.25) is 0 Å². The van der Waals surface area contributed by atoms with Crippen molar-refractivity contribution in [2.24, 2.45) is 11.7 Å². The molecule has 2 atom stereocenters. The number of aromatic nitrogens is 1. The summed E-state index contributed by atoms with van der Waals surface area (Å²) >= 11 is 1.80. The van der Waals surface area contributed by atoms with Crippen molar-refractivity contribution in [3.8, 4) is 0 Å². The van der Waals surface area contributed by atoms with Crippen LogP contribution in [-0.2, 0) is 6.42 Å². The van der Waals surface area contributed by atoms with Gasteiger partial charge in [0, 0.05) is 30.8 Å². The van der Waals surface area contributed by atoms with Gasteiger partial charge in [-0.15, -0.1) is 11.3 Å². The van der Waals surface area contributed by atoms with Crippen LogP contribution in [0.25, 0.3) is 0 Å². The third-order valence-electron chi connectivity index (χ3n) is 3.38. The molecule has 0 aliphatic carbocycles. The fourth-order valence-electron chi connectivity index (χ4n) is 2.21. The summed E-state index contributed by atoms with van der Waals surface area (Å²) in [6.45, 7) is 5.29. The molecule has 2 heterocycles. The summed E-state index contributed by atoms with van der Waals surface area (Å²) < 4.78 is 0. The molecule has 16 heavy (non-hydrogen) atoms. The minimum absolute atomic E-state index is 0.399. The van der Waals surface area contributed by atoms with Crippen molar-refractivity contribution in [3.63, 3.8) is 0 Å². The van der Waals surface area contributed by atoms with Crippen LogP contribution >= 0.6 is 11.3 Å². The van der Waals surface area contributed by atoms with Gasteiger partial charge in [-0.2, -0.15) is 0 Å². The average Bonchev–Trinajstić information content (AvgIpc) is 2.87. The fraction of sp³-hybridized carbons (Fsp3) is 0.750. The standard InChI is InChI=1S/C12H21N3S/c1-9(6-13)11-8-16-12(14-11)5-10-3-4-15(2)7-10/h8-10H,3-7,13H2,1-2H3. The van der Waals surface area contributed by atoms with Crippen molar-refractivity contribution in [2.75, 3.05) is 26.7 Å². The van der Waals surface area contributed by atoms with Crippen molar-refractivity contribution >= 4 is 11.3 Å². The quantitative estimate of drug-likeness (QED) is 0.869. The van der Waals surface area contributed by atoms with Crippen molar-refractivity contribution in [1.82, 2.24) is 9.88 Å². The maximum atomic E-state index is 5.65. The van der Waals surface area contributed by atoms with E-state index in [0.717, 1.165) is 12.3 Å². The van der Waals surface area contributed by atoms with Crippen LogP contribution in [0.15, 0.2) is 5.38 Å². The second kappa shape index (κ2) is 5.25. The van der Waals surface area contributed by atoms with Gasteiger partial charge in [0.1, 0.15) is 0 Å². The number of nitrogens with zero attached hydrogens (tertiary/aromatic N) is 2. The lowest BCUT2D eigenvalue weighted by Gasteiger charge is -2.08. The summed E-state index contributed by atoms with van der Waals surface area (Å²) in [6, 6.07) is 0. The SMILES string of the molecule is CC(CN)c1csc(CC2CCN(C)C2)n1. The van der Waals surface area contributed by atoms with Gasteiger partial charge in [0.15, 0.2) is 0 Å². The van der Waals surface area contributed by atoms with E-state index in [1.54, 1.807) is 11.3 Å². The van der Waals surface area contributed by atoms with Crippen molar-refractivity contribution in [2.45, 2.75) is 25.7 Å². The maximum absolute atomic E-state index is 5.65. The van der Waals surface area contributed by atoms with Gasteiger partial charge in [-0.05, 0) is 25.9 Å². The zero-order valence-corrected chi connectivity index (χ0v) is 11.0. The monoisotopic (exact) mass is 239 g/mol. The Kier molecular flexibility index (Phi) is 3.95. The van der Waals surface area contributed by atoms with E-state index in [0.29, 0.717) is 12.5 Å². The van der Waals surface area contributed by atoms with Gasteiger partial charge in [-0.25, -0.2) is 4.98 Å². The molecule has 2 rings (SSSR count). The highest BCUT2D eigenvalue weighted by Gasteiger charge is 2.21. The van der Waals surface area contributed by atoms with Crippen LogP contribution in [-0.4, -0.2) is 36.6 Å². The summed E-state index contributed by atoms with van der Waals surface area (Å²) in [7, 11) is 2.20. The average molecular weight is 239 g/mol. The Morgan fingerprint density at radius 2 is 2.50 bits per heavy atom. The van der Waals surface area contributed by atoms with Gasteiger partial charge in [0.05, 0.1) is 10.7 Å². The maximum Gasteiger partial charge on any atom is 0.0931 e. The second-order valence-electron chi connectivity index (χ2n) is 4.92. The Bertz CT molecular complexity index is 337. The van der Waals surface area contributed by atoms with E-state index >= 15 is 0 Å². The summed E-state index contributed by atoms with van der Waals surface area (Å²) in [6.07, 6.45) is 2.46. The van der Waals surface area contributed by atoms with Crippen LogP contribution in [0.3, 0.4) is 0 Å². The molecule has 2 N–H and O–H groups in total. The van der Waals surface area contributed by atoms with Crippen molar-refractivity contribution in [3.05, 3.63) is 16.1 Å². The predicted octanol–water partition coefficient (Wildman–Crippen LogP) is 1.70. The first-order chi connectivity index (χ1) is 7.69. The molecule has 0 radical (unpaired) electrons. The Morgan fingerprint density at radius 3 is 3.12 bits per heavy atom. The van der Waals surface area contributed by atoms with Gasteiger partial charge in [-0.1, -0.05) is 6.92 Å². The molecule has 0 saturated carbocycles. The molecular weight excluding hydrogens is 218 g/mol. The van der Waals surface area contributed by atoms with Gasteiger partial charge in [0.2, 0.25) is 0 Å². The number of hydrogen-bond acceptors (Lipinski definition) is 4. The second-order valence-corrected chi connectivity index (χ2v) is 5.87. The normalized spacial score (nSPS) is 23.8. The Balaban J connectivity index is 1.92. The number of likely N-dealkylation sites (tertiary alicyclic amines) is 1. The number of rotatable bonds is 4. The van der Waals surface area contributed by atoms with Gasteiger partial charge < -0.3 is 10.6 Å². The van der Waals surface area contributed by atoms with Crippen LogP contribution in [0.1, 0.15) is 30.0 Å². The molecule has 1 aliphatic heterocycles. The molecule has 1 aromatic heterocycles. The van der Waals surface area contributed by atoms with E-state index in [1.807, 2.05) is 0 Å². The Hall–Kier alpha value is -0.450. The van der Waals surface area contributed by atoms with Crippen LogP contribution in [0, 0.1) is 5.92 Å². The van der Waals surface area contributed by atoms with E-state index in [1.165, 1.54) is 30.2 Å². The minimum atomic E-state index is 0.399. The largest absolute Gasteiger partial charge is 0.330 e. The number of hydrogen-bond donors (Lipinski definition) is 1. The Labute approximate surface area is 102 Å². The van der Waals surface area contributed by atoms with Crippen LogP contribution in [0.5, 0.6) is 0 Å². The molecule has 1 fully saturated rings. The lowest BCUT2D eigenvalue weighted by atomic mass is 10.1. The summed E-state index contributed by atoms with van der Waals surface area (Å²) in [5.74, 6) is 1.20. The van der Waals surface area contributed by atoms with E-state index in [4.69, 9.17) is 5.73 Å². The lowest BCUT2D eigenvalue weighted by Crippen LogP contribution is -2.15. The molecule has 4 heteroatoms. The summed E-state index contributed by atoms with van der Waals surface area (Å²) in [5.41, 5.74) is 6.83.